The Bertz CT molecular complexity index is 773. The molecule has 3 atom stereocenters. The number of rotatable bonds is 3. The van der Waals surface area contributed by atoms with Gasteiger partial charge >= 0.3 is 0 Å². The number of hydrogen-bond donors (Lipinski definition) is 1. The minimum Gasteiger partial charge on any atom is -0.335 e. The summed E-state index contributed by atoms with van der Waals surface area (Å²) in [6.07, 6.45) is 7.31. The lowest BCUT2D eigenvalue weighted by Crippen LogP contribution is -2.43. The van der Waals surface area contributed by atoms with Crippen molar-refractivity contribution in [2.75, 3.05) is 19.6 Å². The van der Waals surface area contributed by atoms with Crippen molar-refractivity contribution in [1.82, 2.24) is 20.0 Å². The molecule has 1 aromatic heterocycles. The van der Waals surface area contributed by atoms with Crippen molar-refractivity contribution in [3.05, 3.63) is 53.3 Å². The van der Waals surface area contributed by atoms with Gasteiger partial charge in [-0.1, -0.05) is 29.8 Å². The molecule has 0 spiro atoms. The minimum atomic E-state index is 0. The molecule has 1 unspecified atom stereocenters. The van der Waals surface area contributed by atoms with Gasteiger partial charge in [0.05, 0.1) is 18.2 Å². The smallest absolute Gasteiger partial charge is 0.228 e. The molecule has 0 bridgehead atoms. The third-order valence-corrected chi connectivity index (χ3v) is 5.93. The SMILES string of the molecule is Cc1ccc(C2CCCCN2C(=O)[C@H]2CNC[C@@H]2c2cnn(C)c2)cc1.Cl. The maximum Gasteiger partial charge on any atom is 0.228 e. The summed E-state index contributed by atoms with van der Waals surface area (Å²) in [5.74, 6) is 0.524. The standard InChI is InChI=1S/C21H28N4O.ClH/c1-15-6-8-16(9-7-15)20-5-3-4-10-25(20)21(26)19-13-22-12-18(19)17-11-23-24(2)14-17;/h6-9,11,14,18-20,22H,3-5,10,12-13H2,1-2H3;1H/t18-,19+,20?;/m1./s1. The number of aromatic nitrogens is 2. The van der Waals surface area contributed by atoms with E-state index in [2.05, 4.69) is 46.5 Å². The Morgan fingerprint density at radius 3 is 2.63 bits per heavy atom. The van der Waals surface area contributed by atoms with Crippen molar-refractivity contribution in [3.63, 3.8) is 0 Å². The van der Waals surface area contributed by atoms with Crippen LogP contribution in [0.25, 0.3) is 0 Å². The molecule has 4 rings (SSSR count). The van der Waals surface area contributed by atoms with E-state index in [-0.39, 0.29) is 30.3 Å². The Hall–Kier alpha value is -1.85. The highest BCUT2D eigenvalue weighted by Gasteiger charge is 2.39. The molecule has 1 amide bonds. The summed E-state index contributed by atoms with van der Waals surface area (Å²) in [5, 5.41) is 7.73. The molecule has 146 valence electrons. The molecule has 6 heteroatoms. The van der Waals surface area contributed by atoms with E-state index in [1.54, 1.807) is 0 Å². The number of amides is 1. The first kappa shape index (κ1) is 19.9. The highest BCUT2D eigenvalue weighted by molar-refractivity contribution is 5.85. The predicted molar refractivity (Wildman–Crippen MR) is 109 cm³/mol. The third kappa shape index (κ3) is 4.04. The second-order valence-corrected chi connectivity index (χ2v) is 7.77. The van der Waals surface area contributed by atoms with Gasteiger partial charge in [0.15, 0.2) is 0 Å². The molecule has 2 aliphatic heterocycles. The minimum absolute atomic E-state index is 0. The van der Waals surface area contributed by atoms with Gasteiger partial charge in [0.2, 0.25) is 5.91 Å². The van der Waals surface area contributed by atoms with Crippen molar-refractivity contribution in [2.24, 2.45) is 13.0 Å². The number of piperidine rings is 1. The summed E-state index contributed by atoms with van der Waals surface area (Å²) in [5.41, 5.74) is 3.70. The molecule has 5 nitrogen and oxygen atoms in total. The van der Waals surface area contributed by atoms with Gasteiger partial charge in [0, 0.05) is 38.8 Å². The van der Waals surface area contributed by atoms with Gasteiger partial charge in [-0.05, 0) is 37.3 Å². The first-order valence-corrected chi connectivity index (χ1v) is 9.70. The van der Waals surface area contributed by atoms with Gasteiger partial charge in [-0.2, -0.15) is 5.10 Å². The van der Waals surface area contributed by atoms with Crippen molar-refractivity contribution in [1.29, 1.82) is 0 Å². The van der Waals surface area contributed by atoms with E-state index in [1.165, 1.54) is 23.1 Å². The largest absolute Gasteiger partial charge is 0.335 e. The number of carbonyl (C=O) groups is 1. The van der Waals surface area contributed by atoms with Crippen LogP contribution in [0.1, 0.15) is 47.9 Å². The van der Waals surface area contributed by atoms with E-state index in [0.29, 0.717) is 5.91 Å². The normalized spacial score (nSPS) is 25.3. The van der Waals surface area contributed by atoms with E-state index in [1.807, 2.05) is 24.1 Å². The lowest BCUT2D eigenvalue weighted by atomic mass is 9.87. The lowest BCUT2D eigenvalue weighted by Gasteiger charge is -2.38. The molecule has 1 aromatic carbocycles. The zero-order valence-electron chi connectivity index (χ0n) is 16.1. The van der Waals surface area contributed by atoms with E-state index in [0.717, 1.165) is 32.5 Å². The summed E-state index contributed by atoms with van der Waals surface area (Å²) in [7, 11) is 1.93. The van der Waals surface area contributed by atoms with Crippen LogP contribution in [0.3, 0.4) is 0 Å². The number of aryl methyl sites for hydroxylation is 2. The van der Waals surface area contributed by atoms with Gasteiger partial charge in [-0.25, -0.2) is 0 Å². The van der Waals surface area contributed by atoms with Crippen LogP contribution in [-0.2, 0) is 11.8 Å². The van der Waals surface area contributed by atoms with Crippen LogP contribution < -0.4 is 5.32 Å². The maximum atomic E-state index is 13.5. The van der Waals surface area contributed by atoms with Gasteiger partial charge in [0.1, 0.15) is 0 Å². The van der Waals surface area contributed by atoms with Crippen LogP contribution in [0.15, 0.2) is 36.7 Å². The molecule has 3 heterocycles. The van der Waals surface area contributed by atoms with Crippen molar-refractivity contribution in [3.8, 4) is 0 Å². The highest BCUT2D eigenvalue weighted by atomic mass is 35.5. The number of benzene rings is 1. The van der Waals surface area contributed by atoms with Crippen molar-refractivity contribution in [2.45, 2.75) is 38.1 Å². The topological polar surface area (TPSA) is 50.2 Å². The molecule has 2 aromatic rings. The van der Waals surface area contributed by atoms with Crippen LogP contribution in [0, 0.1) is 12.8 Å². The van der Waals surface area contributed by atoms with E-state index < -0.39 is 0 Å². The zero-order valence-corrected chi connectivity index (χ0v) is 16.9. The molecule has 0 saturated carbocycles. The second-order valence-electron chi connectivity index (χ2n) is 7.77. The van der Waals surface area contributed by atoms with Gasteiger partial charge in [0.25, 0.3) is 0 Å². The maximum absolute atomic E-state index is 13.5. The Labute approximate surface area is 167 Å². The highest BCUT2D eigenvalue weighted by Crippen LogP contribution is 2.36. The lowest BCUT2D eigenvalue weighted by molar-refractivity contribution is -0.139. The zero-order chi connectivity index (χ0) is 18.1. The average molecular weight is 389 g/mol. The monoisotopic (exact) mass is 388 g/mol. The first-order valence-electron chi connectivity index (χ1n) is 9.70. The van der Waals surface area contributed by atoms with Crippen LogP contribution in [-0.4, -0.2) is 40.2 Å². The summed E-state index contributed by atoms with van der Waals surface area (Å²) in [6.45, 7) is 4.59. The summed E-state index contributed by atoms with van der Waals surface area (Å²) >= 11 is 0. The van der Waals surface area contributed by atoms with E-state index in [9.17, 15) is 4.79 Å². The van der Waals surface area contributed by atoms with Crippen molar-refractivity contribution < 1.29 is 4.79 Å². The average Bonchev–Trinajstić information content (AvgIpc) is 3.30. The van der Waals surface area contributed by atoms with Gasteiger partial charge in [-0.3, -0.25) is 9.48 Å². The summed E-state index contributed by atoms with van der Waals surface area (Å²) in [4.78, 5) is 15.6. The number of halogens is 1. The van der Waals surface area contributed by atoms with Crippen LogP contribution in [0.2, 0.25) is 0 Å². The van der Waals surface area contributed by atoms with Gasteiger partial charge in [-0.15, -0.1) is 12.4 Å². The van der Waals surface area contributed by atoms with E-state index >= 15 is 0 Å². The molecule has 0 radical (unpaired) electrons. The quantitative estimate of drug-likeness (QED) is 0.878. The number of hydrogen-bond acceptors (Lipinski definition) is 3. The van der Waals surface area contributed by atoms with Gasteiger partial charge < -0.3 is 10.2 Å². The summed E-state index contributed by atoms with van der Waals surface area (Å²) in [6, 6.07) is 8.91. The fourth-order valence-electron chi connectivity index (χ4n) is 4.46. The van der Waals surface area contributed by atoms with Crippen LogP contribution in [0.5, 0.6) is 0 Å². The second kappa shape index (κ2) is 8.44. The number of nitrogens with zero attached hydrogens (tertiary/aromatic N) is 3. The Morgan fingerprint density at radius 2 is 1.93 bits per heavy atom. The number of likely N-dealkylation sites (tertiary alicyclic amines) is 1. The molecular formula is C21H29ClN4O. The molecular weight excluding hydrogens is 360 g/mol. The summed E-state index contributed by atoms with van der Waals surface area (Å²) < 4.78 is 1.82. The van der Waals surface area contributed by atoms with E-state index in [4.69, 9.17) is 0 Å². The third-order valence-electron chi connectivity index (χ3n) is 5.93. The van der Waals surface area contributed by atoms with Crippen LogP contribution >= 0.6 is 12.4 Å². The number of carbonyl (C=O) groups excluding carboxylic acids is 1. The fraction of sp³-hybridized carbons (Fsp3) is 0.524. The predicted octanol–water partition coefficient (Wildman–Crippen LogP) is 3.21. The van der Waals surface area contributed by atoms with Crippen molar-refractivity contribution >= 4 is 18.3 Å². The Balaban J connectivity index is 0.00000210. The Morgan fingerprint density at radius 1 is 1.15 bits per heavy atom. The molecule has 0 aliphatic carbocycles. The molecule has 2 fully saturated rings. The number of nitrogens with one attached hydrogen (secondary N) is 1. The molecule has 27 heavy (non-hydrogen) atoms. The fourth-order valence-corrected chi connectivity index (χ4v) is 4.46. The Kier molecular flexibility index (Phi) is 6.22. The van der Waals surface area contributed by atoms with Crippen LogP contribution in [0.4, 0.5) is 0 Å². The molecule has 2 saturated heterocycles. The molecule has 2 aliphatic rings. The molecule has 1 N–H and O–H groups in total. The first-order chi connectivity index (χ1) is 12.6.